The highest BCUT2D eigenvalue weighted by Crippen LogP contribution is 2.60. The Kier molecular flexibility index (Phi) is 9.46. The van der Waals surface area contributed by atoms with E-state index in [4.69, 9.17) is 0 Å². The number of anilines is 3. The fourth-order valence-corrected chi connectivity index (χ4v) is 11.9. The number of fused-ring (bicyclic) bond motifs is 5. The molecule has 0 spiro atoms. The highest BCUT2D eigenvalue weighted by Gasteiger charge is 2.47. The minimum atomic E-state index is -0.535. The molecule has 1 heteroatoms. The van der Waals surface area contributed by atoms with E-state index in [0.29, 0.717) is 0 Å². The number of benzene rings is 8. The van der Waals surface area contributed by atoms with Crippen LogP contribution in [0, 0.1) is 6.92 Å². The molecule has 0 atom stereocenters. The molecular weight excluding hydrogens is 759 g/mol. The van der Waals surface area contributed by atoms with E-state index in [9.17, 15) is 0 Å². The van der Waals surface area contributed by atoms with Crippen LogP contribution in [0.1, 0.15) is 103 Å². The zero-order valence-corrected chi connectivity index (χ0v) is 37.5. The van der Waals surface area contributed by atoms with E-state index >= 15 is 0 Å². The smallest absolute Gasteiger partial charge is 0.0714 e. The van der Waals surface area contributed by atoms with Crippen LogP contribution >= 0.6 is 0 Å². The van der Waals surface area contributed by atoms with Gasteiger partial charge in [0, 0.05) is 11.3 Å². The van der Waals surface area contributed by atoms with E-state index in [1.165, 1.54) is 113 Å². The maximum atomic E-state index is 2.68. The van der Waals surface area contributed by atoms with Crippen molar-refractivity contribution in [1.29, 1.82) is 0 Å². The van der Waals surface area contributed by atoms with Crippen molar-refractivity contribution in [1.82, 2.24) is 0 Å². The van der Waals surface area contributed by atoms with Gasteiger partial charge in [-0.2, -0.15) is 0 Å². The maximum absolute atomic E-state index is 2.68. The number of nitrogens with zero attached hydrogens (tertiary/aromatic N) is 1. The first-order valence-electron chi connectivity index (χ1n) is 23.3. The van der Waals surface area contributed by atoms with Crippen molar-refractivity contribution < 1.29 is 0 Å². The maximum Gasteiger partial charge on any atom is 0.0714 e. The zero-order valence-electron chi connectivity index (χ0n) is 37.5. The molecule has 0 aromatic heterocycles. The normalized spacial score (nSPS) is 16.3. The highest BCUT2D eigenvalue weighted by atomic mass is 15.1. The Morgan fingerprint density at radius 3 is 1.76 bits per heavy atom. The fourth-order valence-electron chi connectivity index (χ4n) is 11.9. The van der Waals surface area contributed by atoms with Gasteiger partial charge >= 0.3 is 0 Å². The largest absolute Gasteiger partial charge is 0.310 e. The standard InChI is InChI=1S/C62H57N/c1-42-32-33-45-22-15-16-27-49(45)58(42)52-40-51-50-28-17-18-29-53(50)62(46-23-11-7-12-24-46,47-25-13-8-14-26-47)55(51)41-57(52)63(48-36-34-44(35-37-48)43-20-9-6-10-21-43)56-31-19-30-54-59(56)61(4,5)39-38-60(54,2)3/h6-14,17-21,23-26,28-37,40-41H,15-16,22,27,38-39H2,1-5H3. The Hall–Kier alpha value is -6.44. The minimum Gasteiger partial charge on any atom is -0.310 e. The molecule has 3 aliphatic rings. The molecule has 0 unspecified atom stereocenters. The van der Waals surface area contributed by atoms with E-state index in [2.05, 4.69) is 222 Å². The molecule has 8 aromatic rings. The molecule has 8 aromatic carbocycles. The van der Waals surface area contributed by atoms with Gasteiger partial charge in [-0.15, -0.1) is 0 Å². The van der Waals surface area contributed by atoms with Crippen molar-refractivity contribution in [3.05, 3.63) is 232 Å². The van der Waals surface area contributed by atoms with Crippen LogP contribution in [0.25, 0.3) is 33.4 Å². The fraction of sp³-hybridized carbons (Fsp3) is 0.226. The van der Waals surface area contributed by atoms with Gasteiger partial charge in [0.05, 0.1) is 16.8 Å². The van der Waals surface area contributed by atoms with Crippen LogP contribution in [0.4, 0.5) is 17.1 Å². The highest BCUT2D eigenvalue weighted by molar-refractivity contribution is 5.98. The molecule has 0 saturated carbocycles. The second-order valence-corrected chi connectivity index (χ2v) is 19.8. The summed E-state index contributed by atoms with van der Waals surface area (Å²) in [6, 6.07) is 69.3. The summed E-state index contributed by atoms with van der Waals surface area (Å²) in [5.74, 6) is 0. The second-order valence-electron chi connectivity index (χ2n) is 19.8. The Morgan fingerprint density at radius 1 is 0.444 bits per heavy atom. The average Bonchev–Trinajstić information content (AvgIpc) is 3.61. The van der Waals surface area contributed by atoms with E-state index in [0.717, 1.165) is 25.7 Å². The molecule has 0 radical (unpaired) electrons. The summed E-state index contributed by atoms with van der Waals surface area (Å²) in [5, 5.41) is 0. The Balaban J connectivity index is 1.30. The molecule has 0 heterocycles. The lowest BCUT2D eigenvalue weighted by Crippen LogP contribution is -2.35. The van der Waals surface area contributed by atoms with Gasteiger partial charge < -0.3 is 4.90 Å². The third kappa shape index (κ3) is 6.26. The predicted octanol–water partition coefficient (Wildman–Crippen LogP) is 16.4. The lowest BCUT2D eigenvalue weighted by molar-refractivity contribution is 0.332. The van der Waals surface area contributed by atoms with Crippen molar-refractivity contribution >= 4 is 17.1 Å². The van der Waals surface area contributed by atoms with Crippen LogP contribution in [0.15, 0.2) is 182 Å². The summed E-state index contributed by atoms with van der Waals surface area (Å²) in [6.45, 7) is 12.2. The molecule has 0 saturated heterocycles. The Morgan fingerprint density at radius 2 is 1.05 bits per heavy atom. The summed E-state index contributed by atoms with van der Waals surface area (Å²) in [7, 11) is 0. The first-order valence-corrected chi connectivity index (χ1v) is 23.3. The van der Waals surface area contributed by atoms with E-state index < -0.39 is 5.41 Å². The quantitative estimate of drug-likeness (QED) is 0.155. The van der Waals surface area contributed by atoms with Gasteiger partial charge in [0.25, 0.3) is 0 Å². The Bertz CT molecular complexity index is 2950. The van der Waals surface area contributed by atoms with Crippen LogP contribution in [0.2, 0.25) is 0 Å². The monoisotopic (exact) mass is 815 g/mol. The summed E-state index contributed by atoms with van der Waals surface area (Å²) >= 11 is 0. The van der Waals surface area contributed by atoms with Gasteiger partial charge in [0.15, 0.2) is 0 Å². The van der Waals surface area contributed by atoms with E-state index in [-0.39, 0.29) is 10.8 Å². The molecule has 0 aliphatic heterocycles. The van der Waals surface area contributed by atoms with Crippen LogP contribution < -0.4 is 4.90 Å². The molecule has 1 nitrogen and oxygen atoms in total. The van der Waals surface area contributed by atoms with Crippen molar-refractivity contribution in [2.24, 2.45) is 0 Å². The number of aryl methyl sites for hydroxylation is 2. The molecular formula is C62H57N. The molecule has 310 valence electrons. The lowest BCUT2D eigenvalue weighted by Gasteiger charge is -2.45. The molecule has 0 fully saturated rings. The van der Waals surface area contributed by atoms with E-state index in [1.54, 1.807) is 0 Å². The van der Waals surface area contributed by atoms with Crippen molar-refractivity contribution in [2.45, 2.75) is 89.4 Å². The SMILES string of the molecule is Cc1ccc2c(c1-c1cc3c(cc1N(c1ccc(-c4ccccc4)cc1)c1cccc4c1C(C)(C)CCC4(C)C)C(c1ccccc1)(c1ccccc1)c1ccccc1-3)CCCC2. The van der Waals surface area contributed by atoms with Crippen LogP contribution in [0.5, 0.6) is 0 Å². The third-order valence-electron chi connectivity index (χ3n) is 15.1. The molecule has 63 heavy (non-hydrogen) atoms. The van der Waals surface area contributed by atoms with Gasteiger partial charge in [0.1, 0.15) is 0 Å². The van der Waals surface area contributed by atoms with Gasteiger partial charge in [-0.05, 0) is 164 Å². The number of rotatable bonds is 7. The van der Waals surface area contributed by atoms with Gasteiger partial charge in [-0.3, -0.25) is 0 Å². The summed E-state index contributed by atoms with van der Waals surface area (Å²) < 4.78 is 0. The van der Waals surface area contributed by atoms with Crippen molar-refractivity contribution in [3.8, 4) is 33.4 Å². The Labute approximate surface area is 375 Å². The zero-order chi connectivity index (χ0) is 42.9. The predicted molar refractivity (Wildman–Crippen MR) is 266 cm³/mol. The summed E-state index contributed by atoms with van der Waals surface area (Å²) in [4.78, 5) is 2.68. The van der Waals surface area contributed by atoms with Crippen molar-refractivity contribution in [3.63, 3.8) is 0 Å². The first kappa shape index (κ1) is 39.4. The average molecular weight is 816 g/mol. The van der Waals surface area contributed by atoms with Gasteiger partial charge in [-0.1, -0.05) is 179 Å². The molecule has 11 rings (SSSR count). The molecule has 3 aliphatic carbocycles. The van der Waals surface area contributed by atoms with Gasteiger partial charge in [0.2, 0.25) is 0 Å². The van der Waals surface area contributed by atoms with Crippen LogP contribution in [-0.4, -0.2) is 0 Å². The molecule has 0 amide bonds. The van der Waals surface area contributed by atoms with E-state index in [1.807, 2.05) is 0 Å². The second kappa shape index (κ2) is 15.1. The number of hydrogen-bond acceptors (Lipinski definition) is 1. The summed E-state index contributed by atoms with van der Waals surface area (Å²) in [6.07, 6.45) is 7.00. The first-order chi connectivity index (χ1) is 30.7. The molecule has 0 bridgehead atoms. The lowest BCUT2D eigenvalue weighted by atomic mass is 9.62. The van der Waals surface area contributed by atoms with Gasteiger partial charge in [-0.25, -0.2) is 0 Å². The van der Waals surface area contributed by atoms with Crippen LogP contribution in [0.3, 0.4) is 0 Å². The summed E-state index contributed by atoms with van der Waals surface area (Å²) in [5.41, 5.74) is 23.5. The van der Waals surface area contributed by atoms with Crippen molar-refractivity contribution in [2.75, 3.05) is 4.90 Å². The third-order valence-corrected chi connectivity index (χ3v) is 15.1. The topological polar surface area (TPSA) is 3.24 Å². The van der Waals surface area contributed by atoms with Crippen LogP contribution in [-0.2, 0) is 29.1 Å². The molecule has 0 N–H and O–H groups in total. The number of hydrogen-bond donors (Lipinski definition) is 0. The minimum absolute atomic E-state index is 0.0313.